The zero-order valence-corrected chi connectivity index (χ0v) is 26.6. The Morgan fingerprint density at radius 3 is 2.10 bits per heavy atom. The Labute approximate surface area is 257 Å². The summed E-state index contributed by atoms with van der Waals surface area (Å²) in [4.78, 5) is 29.4. The number of amides is 2. The smallest absolute Gasteiger partial charge is 0.266 e. The number of rotatable bonds is 9. The van der Waals surface area contributed by atoms with Crippen LogP contribution < -0.4 is 9.64 Å². The number of methoxy groups -OCH3 is 1. The van der Waals surface area contributed by atoms with Crippen molar-refractivity contribution in [3.63, 3.8) is 0 Å². The van der Waals surface area contributed by atoms with E-state index in [4.69, 9.17) is 4.74 Å². The van der Waals surface area contributed by atoms with Crippen LogP contribution in [0, 0.1) is 6.92 Å². The first-order valence-electron chi connectivity index (χ1n) is 12.6. The Kier molecular flexibility index (Phi) is 9.68. The third kappa shape index (κ3) is 7.06. The lowest BCUT2D eigenvalue weighted by molar-refractivity contribution is -0.126. The first-order chi connectivity index (χ1) is 19.5. The molecule has 0 heterocycles. The monoisotopic (exact) mass is 698 g/mol. The lowest BCUT2D eigenvalue weighted by Gasteiger charge is -2.33. The molecule has 0 unspecified atom stereocenters. The fraction of sp³-hybridized carbons (Fsp3) is 0.161. The van der Waals surface area contributed by atoms with Crippen molar-refractivity contribution in [2.24, 2.45) is 0 Å². The van der Waals surface area contributed by atoms with Crippen molar-refractivity contribution in [2.75, 3.05) is 19.1 Å². The fourth-order valence-electron chi connectivity index (χ4n) is 4.34. The van der Waals surface area contributed by atoms with Crippen molar-refractivity contribution in [1.82, 2.24) is 4.31 Å². The van der Waals surface area contributed by atoms with Crippen LogP contribution in [-0.2, 0) is 14.8 Å². The highest BCUT2D eigenvalue weighted by Crippen LogP contribution is 2.37. The lowest BCUT2D eigenvalue weighted by Crippen LogP contribution is -2.40. The van der Waals surface area contributed by atoms with Gasteiger partial charge in [-0.3, -0.25) is 9.59 Å². The van der Waals surface area contributed by atoms with Gasteiger partial charge in [0.05, 0.1) is 24.5 Å². The third-order valence-electron chi connectivity index (χ3n) is 6.55. The molecule has 0 saturated carbocycles. The van der Waals surface area contributed by atoms with Crippen LogP contribution >= 0.6 is 31.9 Å². The van der Waals surface area contributed by atoms with E-state index in [1.807, 2.05) is 19.1 Å². The molecule has 4 rings (SSSR count). The summed E-state index contributed by atoms with van der Waals surface area (Å²) in [5.41, 5.74) is 2.40. The van der Waals surface area contributed by atoms with E-state index in [1.165, 1.54) is 31.2 Å². The van der Waals surface area contributed by atoms with Crippen LogP contribution in [0.15, 0.2) is 111 Å². The number of carbonyl (C=O) groups excluding carboxylic acids is 2. The SMILES string of the molecule is COc1cccc([C@@H](CC(=O)N(C)S(=O)(=O)c2ccc(C)cc2)N(C(=O)c2ccccc2)c2cc(Br)cc(Br)c2)c1. The summed E-state index contributed by atoms with van der Waals surface area (Å²) in [6, 6.07) is 26.6. The zero-order valence-electron chi connectivity index (χ0n) is 22.6. The number of aryl methyl sites for hydroxylation is 1. The van der Waals surface area contributed by atoms with E-state index in [0.29, 0.717) is 31.5 Å². The van der Waals surface area contributed by atoms with Crippen molar-refractivity contribution in [1.29, 1.82) is 0 Å². The van der Waals surface area contributed by atoms with Gasteiger partial charge in [0.25, 0.3) is 15.9 Å². The number of hydrogen-bond acceptors (Lipinski definition) is 5. The summed E-state index contributed by atoms with van der Waals surface area (Å²) in [6.45, 7) is 1.85. The minimum Gasteiger partial charge on any atom is -0.497 e. The molecule has 0 N–H and O–H groups in total. The van der Waals surface area contributed by atoms with Crippen LogP contribution in [0.4, 0.5) is 5.69 Å². The molecule has 0 aromatic heterocycles. The van der Waals surface area contributed by atoms with Gasteiger partial charge in [0, 0.05) is 27.2 Å². The number of ether oxygens (including phenoxy) is 1. The van der Waals surface area contributed by atoms with Gasteiger partial charge in [0.15, 0.2) is 0 Å². The number of anilines is 1. The number of benzene rings is 4. The second-order valence-electron chi connectivity index (χ2n) is 9.34. The maximum Gasteiger partial charge on any atom is 0.266 e. The van der Waals surface area contributed by atoms with E-state index < -0.39 is 22.0 Å². The summed E-state index contributed by atoms with van der Waals surface area (Å²) >= 11 is 7.01. The predicted molar refractivity (Wildman–Crippen MR) is 167 cm³/mol. The van der Waals surface area contributed by atoms with Crippen LogP contribution in [0.1, 0.15) is 33.9 Å². The maximum absolute atomic E-state index is 14.2. The Hall–Kier alpha value is -3.47. The topological polar surface area (TPSA) is 84.0 Å². The van der Waals surface area contributed by atoms with Gasteiger partial charge in [0.2, 0.25) is 5.91 Å². The Morgan fingerprint density at radius 1 is 0.854 bits per heavy atom. The van der Waals surface area contributed by atoms with Crippen LogP contribution in [0.25, 0.3) is 0 Å². The highest BCUT2D eigenvalue weighted by atomic mass is 79.9. The van der Waals surface area contributed by atoms with Gasteiger partial charge >= 0.3 is 0 Å². The average molecular weight is 700 g/mol. The number of carbonyl (C=O) groups is 2. The normalized spacial score (nSPS) is 11.9. The molecule has 0 aliphatic carbocycles. The maximum atomic E-state index is 14.2. The van der Waals surface area contributed by atoms with Crippen molar-refractivity contribution >= 4 is 59.4 Å². The molecule has 4 aromatic carbocycles. The third-order valence-corrected chi connectivity index (χ3v) is 9.26. The summed E-state index contributed by atoms with van der Waals surface area (Å²) in [6.07, 6.45) is -0.322. The number of halogens is 2. The Bertz CT molecular complexity index is 1640. The number of hydrogen-bond donors (Lipinski definition) is 0. The van der Waals surface area contributed by atoms with Crippen molar-refractivity contribution in [3.05, 3.63) is 123 Å². The quantitative estimate of drug-likeness (QED) is 0.185. The van der Waals surface area contributed by atoms with E-state index in [-0.39, 0.29) is 17.2 Å². The Morgan fingerprint density at radius 2 is 1.49 bits per heavy atom. The molecule has 0 fully saturated rings. The van der Waals surface area contributed by atoms with Gasteiger partial charge in [-0.1, -0.05) is 79.9 Å². The van der Waals surface area contributed by atoms with E-state index in [9.17, 15) is 18.0 Å². The minimum atomic E-state index is -4.13. The van der Waals surface area contributed by atoms with Crippen molar-refractivity contribution in [3.8, 4) is 5.75 Å². The molecular formula is C31H28Br2N2O5S. The second-order valence-corrected chi connectivity index (χ2v) is 13.1. The average Bonchev–Trinajstić information content (AvgIpc) is 2.96. The number of sulfonamides is 1. The molecule has 0 saturated heterocycles. The highest BCUT2D eigenvalue weighted by molar-refractivity contribution is 9.11. The molecule has 1 atom stereocenters. The fourth-order valence-corrected chi connectivity index (χ4v) is 6.75. The first-order valence-corrected chi connectivity index (χ1v) is 15.6. The molecule has 0 aliphatic rings. The van der Waals surface area contributed by atoms with Crippen LogP contribution in [-0.4, -0.2) is 38.7 Å². The summed E-state index contributed by atoms with van der Waals surface area (Å²) in [5, 5.41) is 0. The molecule has 2 amide bonds. The zero-order chi connectivity index (χ0) is 29.7. The minimum absolute atomic E-state index is 0.00465. The molecule has 7 nitrogen and oxygen atoms in total. The van der Waals surface area contributed by atoms with E-state index in [2.05, 4.69) is 31.9 Å². The molecule has 212 valence electrons. The molecule has 0 radical (unpaired) electrons. The molecule has 10 heteroatoms. The highest BCUT2D eigenvalue weighted by Gasteiger charge is 2.34. The lowest BCUT2D eigenvalue weighted by atomic mass is 9.99. The number of nitrogens with zero attached hydrogens (tertiary/aromatic N) is 2. The van der Waals surface area contributed by atoms with Crippen LogP contribution in [0.2, 0.25) is 0 Å². The molecule has 0 spiro atoms. The summed E-state index contributed by atoms with van der Waals surface area (Å²) < 4.78 is 34.4. The standard InChI is InChI=1S/C31H28Br2N2O5S/c1-21-12-14-28(15-13-21)41(38,39)34(2)30(36)20-29(23-10-7-11-27(16-23)40-3)35(26-18-24(32)17-25(33)19-26)31(37)22-8-5-4-6-9-22/h4-19,29H,20H2,1-3H3/t29-/m1/s1. The molecular weight excluding hydrogens is 672 g/mol. The molecule has 41 heavy (non-hydrogen) atoms. The van der Waals surface area contributed by atoms with Gasteiger partial charge in [-0.15, -0.1) is 0 Å². The summed E-state index contributed by atoms with van der Waals surface area (Å²) in [5.74, 6) is -0.512. The van der Waals surface area contributed by atoms with Gasteiger partial charge in [0.1, 0.15) is 5.75 Å². The van der Waals surface area contributed by atoms with Gasteiger partial charge in [-0.2, -0.15) is 0 Å². The predicted octanol–water partition coefficient (Wildman–Crippen LogP) is 7.15. The van der Waals surface area contributed by atoms with Crippen molar-refractivity contribution < 1.29 is 22.7 Å². The Balaban J connectivity index is 1.84. The van der Waals surface area contributed by atoms with Crippen molar-refractivity contribution in [2.45, 2.75) is 24.3 Å². The van der Waals surface area contributed by atoms with Crippen LogP contribution in [0.3, 0.4) is 0 Å². The van der Waals surface area contributed by atoms with E-state index in [1.54, 1.807) is 72.8 Å². The summed E-state index contributed by atoms with van der Waals surface area (Å²) in [7, 11) is -1.37. The molecule has 0 aliphatic heterocycles. The van der Waals surface area contributed by atoms with Gasteiger partial charge in [-0.25, -0.2) is 12.7 Å². The van der Waals surface area contributed by atoms with Gasteiger partial charge < -0.3 is 9.64 Å². The van der Waals surface area contributed by atoms with E-state index in [0.717, 1.165) is 9.87 Å². The second kappa shape index (κ2) is 13.0. The first kappa shape index (κ1) is 30.5. The molecule has 0 bridgehead atoms. The van der Waals surface area contributed by atoms with Gasteiger partial charge in [-0.05, 0) is 67.1 Å². The van der Waals surface area contributed by atoms with Crippen LogP contribution in [0.5, 0.6) is 5.75 Å². The van der Waals surface area contributed by atoms with E-state index >= 15 is 0 Å². The molecule has 4 aromatic rings. The largest absolute Gasteiger partial charge is 0.497 e.